The Kier molecular flexibility index (Phi) is 6.92. The summed E-state index contributed by atoms with van der Waals surface area (Å²) in [5.41, 5.74) is 0. The van der Waals surface area contributed by atoms with E-state index in [0.717, 1.165) is 39.5 Å². The number of nitrogens with zero attached hydrogens (tertiary/aromatic N) is 1. The molecule has 4 nitrogen and oxygen atoms in total. The molecule has 1 fully saturated rings. The first kappa shape index (κ1) is 12.9. The van der Waals surface area contributed by atoms with Crippen molar-refractivity contribution in [1.82, 2.24) is 10.2 Å². The highest BCUT2D eigenvalue weighted by molar-refractivity contribution is 4.69. The van der Waals surface area contributed by atoms with Crippen LogP contribution in [-0.4, -0.2) is 64.6 Å². The molecule has 1 aliphatic heterocycles. The van der Waals surface area contributed by atoms with E-state index in [0.29, 0.717) is 6.04 Å². The molecule has 4 heteroatoms. The predicted molar refractivity (Wildman–Crippen MR) is 61.2 cm³/mol. The minimum absolute atomic E-state index is 0.538. The topological polar surface area (TPSA) is 33.7 Å². The Morgan fingerprint density at radius 3 is 2.93 bits per heavy atom. The third-order valence-corrected chi connectivity index (χ3v) is 2.52. The molecule has 0 radical (unpaired) electrons. The first-order valence-corrected chi connectivity index (χ1v) is 5.82. The first-order chi connectivity index (χ1) is 7.29. The smallest absolute Gasteiger partial charge is 0.0619 e. The van der Waals surface area contributed by atoms with Gasteiger partial charge in [0.25, 0.3) is 0 Å². The van der Waals surface area contributed by atoms with E-state index < -0.39 is 0 Å². The van der Waals surface area contributed by atoms with Gasteiger partial charge in [-0.2, -0.15) is 0 Å². The van der Waals surface area contributed by atoms with Crippen LogP contribution >= 0.6 is 0 Å². The summed E-state index contributed by atoms with van der Waals surface area (Å²) in [7, 11) is 4.11. The summed E-state index contributed by atoms with van der Waals surface area (Å²) in [6.45, 7) is 5.32. The van der Waals surface area contributed by atoms with E-state index in [9.17, 15) is 0 Å². The van der Waals surface area contributed by atoms with Crippen molar-refractivity contribution in [3.05, 3.63) is 0 Å². The number of nitrogens with one attached hydrogen (secondary N) is 1. The van der Waals surface area contributed by atoms with Crippen molar-refractivity contribution in [2.24, 2.45) is 0 Å². The van der Waals surface area contributed by atoms with Crippen LogP contribution in [0.5, 0.6) is 0 Å². The summed E-state index contributed by atoms with van der Waals surface area (Å²) in [5.74, 6) is 0. The Morgan fingerprint density at radius 1 is 1.40 bits per heavy atom. The Balaban J connectivity index is 1.83. The molecule has 1 unspecified atom stereocenters. The Hall–Kier alpha value is -0.160. The van der Waals surface area contributed by atoms with E-state index in [1.165, 1.54) is 12.8 Å². The molecule has 0 saturated carbocycles. The summed E-state index contributed by atoms with van der Waals surface area (Å²) >= 11 is 0. The first-order valence-electron chi connectivity index (χ1n) is 5.82. The van der Waals surface area contributed by atoms with Crippen molar-refractivity contribution < 1.29 is 9.47 Å². The quantitative estimate of drug-likeness (QED) is 0.622. The number of hydrogen-bond donors (Lipinski definition) is 1. The second kappa shape index (κ2) is 8.05. The van der Waals surface area contributed by atoms with E-state index in [4.69, 9.17) is 9.47 Å². The van der Waals surface area contributed by atoms with Crippen molar-refractivity contribution in [2.75, 3.05) is 53.6 Å². The van der Waals surface area contributed by atoms with Crippen LogP contribution in [0.1, 0.15) is 12.8 Å². The van der Waals surface area contributed by atoms with Crippen molar-refractivity contribution in [1.29, 1.82) is 0 Å². The number of likely N-dealkylation sites (N-methyl/N-ethyl adjacent to an activating group) is 1. The van der Waals surface area contributed by atoms with Gasteiger partial charge in [-0.25, -0.2) is 0 Å². The molecule has 90 valence electrons. The zero-order valence-corrected chi connectivity index (χ0v) is 10.00. The molecule has 1 rings (SSSR count). The van der Waals surface area contributed by atoms with Crippen molar-refractivity contribution in [2.45, 2.75) is 18.9 Å². The highest BCUT2D eigenvalue weighted by atomic mass is 16.5. The van der Waals surface area contributed by atoms with E-state index in [1.807, 2.05) is 0 Å². The lowest BCUT2D eigenvalue weighted by molar-refractivity contribution is 0.0637. The normalized spacial score (nSPS) is 22.2. The molecule has 1 aliphatic rings. The lowest BCUT2D eigenvalue weighted by Crippen LogP contribution is -2.38. The maximum atomic E-state index is 5.49. The summed E-state index contributed by atoms with van der Waals surface area (Å²) in [6, 6.07) is 0.538. The van der Waals surface area contributed by atoms with Crippen LogP contribution in [0.15, 0.2) is 0 Å². The molecule has 1 N–H and O–H groups in total. The number of rotatable bonds is 7. The molecule has 0 aromatic heterocycles. The highest BCUT2D eigenvalue weighted by Gasteiger charge is 2.11. The van der Waals surface area contributed by atoms with E-state index in [-0.39, 0.29) is 0 Å². The molecule has 0 amide bonds. The fourth-order valence-electron chi connectivity index (χ4n) is 1.59. The van der Waals surface area contributed by atoms with Crippen LogP contribution in [0.4, 0.5) is 0 Å². The standard InChI is InChI=1S/C11H24N2O2/c1-13(2)6-9-14-8-5-12-11-4-3-7-15-10-11/h11-12H,3-10H2,1-2H3. The van der Waals surface area contributed by atoms with Gasteiger partial charge in [0.1, 0.15) is 0 Å². The molecule has 1 heterocycles. The molecule has 0 aromatic rings. The zero-order chi connectivity index (χ0) is 10.9. The molecule has 15 heavy (non-hydrogen) atoms. The van der Waals surface area contributed by atoms with Gasteiger partial charge in [0.05, 0.1) is 19.8 Å². The third-order valence-electron chi connectivity index (χ3n) is 2.52. The summed E-state index contributed by atoms with van der Waals surface area (Å²) in [6.07, 6.45) is 2.41. The number of ether oxygens (including phenoxy) is 2. The van der Waals surface area contributed by atoms with Gasteiger partial charge < -0.3 is 19.7 Å². The maximum Gasteiger partial charge on any atom is 0.0619 e. The fourth-order valence-corrected chi connectivity index (χ4v) is 1.59. The lowest BCUT2D eigenvalue weighted by Gasteiger charge is -2.23. The SMILES string of the molecule is CN(C)CCOCCNC1CCCOC1. The monoisotopic (exact) mass is 216 g/mol. The van der Waals surface area contributed by atoms with Gasteiger partial charge >= 0.3 is 0 Å². The summed E-state index contributed by atoms with van der Waals surface area (Å²) < 4.78 is 10.9. The van der Waals surface area contributed by atoms with E-state index in [1.54, 1.807) is 0 Å². The lowest BCUT2D eigenvalue weighted by atomic mass is 10.1. The van der Waals surface area contributed by atoms with Gasteiger partial charge in [-0.05, 0) is 26.9 Å². The van der Waals surface area contributed by atoms with Gasteiger partial charge in [0.15, 0.2) is 0 Å². The van der Waals surface area contributed by atoms with Crippen LogP contribution in [0.2, 0.25) is 0 Å². The van der Waals surface area contributed by atoms with E-state index >= 15 is 0 Å². The van der Waals surface area contributed by atoms with Crippen molar-refractivity contribution in [3.63, 3.8) is 0 Å². The van der Waals surface area contributed by atoms with E-state index in [2.05, 4.69) is 24.3 Å². The van der Waals surface area contributed by atoms with Crippen molar-refractivity contribution in [3.8, 4) is 0 Å². The van der Waals surface area contributed by atoms with Gasteiger partial charge in [0.2, 0.25) is 0 Å². The zero-order valence-electron chi connectivity index (χ0n) is 10.00. The molecule has 1 atom stereocenters. The van der Waals surface area contributed by atoms with Crippen LogP contribution < -0.4 is 5.32 Å². The second-order valence-electron chi connectivity index (χ2n) is 4.28. The molecular formula is C11H24N2O2. The maximum absolute atomic E-state index is 5.49. The summed E-state index contributed by atoms with van der Waals surface area (Å²) in [5, 5.41) is 3.45. The molecule has 0 bridgehead atoms. The Morgan fingerprint density at radius 2 is 2.27 bits per heavy atom. The Labute approximate surface area is 92.9 Å². The van der Waals surface area contributed by atoms with Gasteiger partial charge in [-0.3, -0.25) is 0 Å². The van der Waals surface area contributed by atoms with Crippen LogP contribution in [0.25, 0.3) is 0 Å². The second-order valence-corrected chi connectivity index (χ2v) is 4.28. The van der Waals surface area contributed by atoms with Crippen LogP contribution in [0, 0.1) is 0 Å². The largest absolute Gasteiger partial charge is 0.380 e. The van der Waals surface area contributed by atoms with Gasteiger partial charge in [0, 0.05) is 25.7 Å². The molecule has 0 aromatic carbocycles. The average Bonchev–Trinajstić information content (AvgIpc) is 2.24. The molecule has 0 aliphatic carbocycles. The Bertz CT molecular complexity index is 148. The summed E-state index contributed by atoms with van der Waals surface area (Å²) in [4.78, 5) is 2.13. The average molecular weight is 216 g/mol. The van der Waals surface area contributed by atoms with Gasteiger partial charge in [-0.15, -0.1) is 0 Å². The molecular weight excluding hydrogens is 192 g/mol. The van der Waals surface area contributed by atoms with Gasteiger partial charge in [-0.1, -0.05) is 0 Å². The molecule has 0 spiro atoms. The highest BCUT2D eigenvalue weighted by Crippen LogP contribution is 2.04. The third kappa shape index (κ3) is 6.84. The van der Waals surface area contributed by atoms with Crippen LogP contribution in [-0.2, 0) is 9.47 Å². The molecule has 1 saturated heterocycles. The van der Waals surface area contributed by atoms with Crippen molar-refractivity contribution >= 4 is 0 Å². The number of hydrogen-bond acceptors (Lipinski definition) is 4. The minimum Gasteiger partial charge on any atom is -0.380 e. The minimum atomic E-state index is 0.538. The predicted octanol–water partition coefficient (Wildman–Crippen LogP) is 0.333. The van der Waals surface area contributed by atoms with Crippen LogP contribution in [0.3, 0.4) is 0 Å². The fraction of sp³-hybridized carbons (Fsp3) is 1.00.